The van der Waals surface area contributed by atoms with Crippen molar-refractivity contribution in [3.8, 4) is 5.69 Å². The van der Waals surface area contributed by atoms with Gasteiger partial charge in [-0.1, -0.05) is 25.5 Å². The van der Waals surface area contributed by atoms with Crippen molar-refractivity contribution < 1.29 is 4.39 Å². The van der Waals surface area contributed by atoms with Crippen LogP contribution in [0.5, 0.6) is 0 Å². The van der Waals surface area contributed by atoms with Gasteiger partial charge in [-0.3, -0.25) is 4.99 Å². The van der Waals surface area contributed by atoms with Crippen LogP contribution < -0.4 is 0 Å². The van der Waals surface area contributed by atoms with E-state index in [2.05, 4.69) is 60.7 Å². The maximum atomic E-state index is 13.2. The van der Waals surface area contributed by atoms with Crippen LogP contribution in [-0.2, 0) is 6.42 Å². The molecule has 0 aliphatic heterocycles. The van der Waals surface area contributed by atoms with Gasteiger partial charge in [0.15, 0.2) is 0 Å². The minimum absolute atomic E-state index is 0.222. The van der Waals surface area contributed by atoms with Crippen molar-refractivity contribution in [1.82, 2.24) is 4.57 Å². The Bertz CT molecular complexity index is 887. The molecule has 1 heterocycles. The van der Waals surface area contributed by atoms with Gasteiger partial charge >= 0.3 is 0 Å². The van der Waals surface area contributed by atoms with Crippen LogP contribution in [0.15, 0.2) is 59.6 Å². The number of hydrogen-bond acceptors (Lipinski definition) is 1. The first-order valence-electron chi connectivity index (χ1n) is 9.16. The highest BCUT2D eigenvalue weighted by Gasteiger charge is 2.09. The highest BCUT2D eigenvalue weighted by atomic mass is 19.1. The predicted molar refractivity (Wildman–Crippen MR) is 108 cm³/mol. The molecule has 0 aliphatic carbocycles. The molecule has 134 valence electrons. The first kappa shape index (κ1) is 18.1. The van der Waals surface area contributed by atoms with Crippen molar-refractivity contribution in [2.45, 2.75) is 40.0 Å². The molecular weight excluding hydrogens is 323 g/mol. The number of aliphatic imine (C=N–C) groups is 1. The molecule has 0 N–H and O–H groups in total. The minimum Gasteiger partial charge on any atom is -0.318 e. The van der Waals surface area contributed by atoms with Gasteiger partial charge in [-0.05, 0) is 74.7 Å². The van der Waals surface area contributed by atoms with Gasteiger partial charge in [0.1, 0.15) is 5.82 Å². The van der Waals surface area contributed by atoms with Crippen molar-refractivity contribution in [3.05, 3.63) is 82.9 Å². The molecule has 3 rings (SSSR count). The molecule has 26 heavy (non-hydrogen) atoms. The molecule has 0 saturated carbocycles. The van der Waals surface area contributed by atoms with Crippen LogP contribution in [0, 0.1) is 19.7 Å². The molecule has 0 saturated heterocycles. The van der Waals surface area contributed by atoms with E-state index in [1.807, 2.05) is 6.21 Å². The molecule has 3 heteroatoms. The number of aryl methyl sites for hydroxylation is 2. The Labute approximate surface area is 155 Å². The fraction of sp³-hybridized carbons (Fsp3) is 0.261. The minimum atomic E-state index is -0.222. The fourth-order valence-electron chi connectivity index (χ4n) is 3.18. The standard InChI is InChI=1S/C23H25FN2/c1-4-5-6-19-7-11-22(12-8-19)25-16-20-15-17(2)26(18(20)3)23-13-9-21(24)10-14-23/h7-16H,4-6H2,1-3H3. The molecule has 2 aromatic carbocycles. The van der Waals surface area contributed by atoms with Gasteiger partial charge in [0.25, 0.3) is 0 Å². The van der Waals surface area contributed by atoms with Gasteiger partial charge < -0.3 is 4.57 Å². The summed E-state index contributed by atoms with van der Waals surface area (Å²) < 4.78 is 15.3. The number of hydrogen-bond donors (Lipinski definition) is 0. The zero-order valence-corrected chi connectivity index (χ0v) is 15.7. The summed E-state index contributed by atoms with van der Waals surface area (Å²) in [6.07, 6.45) is 5.46. The molecule has 0 amide bonds. The van der Waals surface area contributed by atoms with Gasteiger partial charge in [-0.15, -0.1) is 0 Å². The monoisotopic (exact) mass is 348 g/mol. The van der Waals surface area contributed by atoms with E-state index < -0.39 is 0 Å². The second-order valence-corrected chi connectivity index (χ2v) is 6.67. The number of benzene rings is 2. The normalized spacial score (nSPS) is 11.4. The summed E-state index contributed by atoms with van der Waals surface area (Å²) in [6.45, 7) is 6.32. The quantitative estimate of drug-likeness (QED) is 0.463. The van der Waals surface area contributed by atoms with E-state index in [4.69, 9.17) is 0 Å². The molecule has 0 bridgehead atoms. The summed E-state index contributed by atoms with van der Waals surface area (Å²) in [5.74, 6) is -0.222. The number of nitrogens with zero attached hydrogens (tertiary/aromatic N) is 2. The summed E-state index contributed by atoms with van der Waals surface area (Å²) in [4.78, 5) is 4.62. The number of rotatable bonds is 6. The van der Waals surface area contributed by atoms with Crippen molar-refractivity contribution in [2.24, 2.45) is 4.99 Å². The van der Waals surface area contributed by atoms with E-state index in [0.29, 0.717) is 0 Å². The van der Waals surface area contributed by atoms with Gasteiger partial charge in [-0.2, -0.15) is 0 Å². The summed E-state index contributed by atoms with van der Waals surface area (Å²) in [6, 6.07) is 17.1. The number of halogens is 1. The first-order valence-corrected chi connectivity index (χ1v) is 9.16. The third kappa shape index (κ3) is 4.10. The zero-order valence-electron chi connectivity index (χ0n) is 15.7. The smallest absolute Gasteiger partial charge is 0.123 e. The summed E-state index contributed by atoms with van der Waals surface area (Å²) in [5.41, 5.74) is 6.54. The highest BCUT2D eigenvalue weighted by molar-refractivity contribution is 5.84. The molecule has 2 nitrogen and oxygen atoms in total. The lowest BCUT2D eigenvalue weighted by Crippen LogP contribution is -1.99. The van der Waals surface area contributed by atoms with Crippen molar-refractivity contribution in [1.29, 1.82) is 0 Å². The van der Waals surface area contributed by atoms with E-state index in [1.165, 1.54) is 30.5 Å². The number of unbranched alkanes of at least 4 members (excludes halogenated alkanes) is 1. The van der Waals surface area contributed by atoms with Crippen LogP contribution in [0.4, 0.5) is 10.1 Å². The lowest BCUT2D eigenvalue weighted by atomic mass is 10.1. The molecular formula is C23H25FN2. The second kappa shape index (κ2) is 8.13. The zero-order chi connectivity index (χ0) is 18.5. The Kier molecular flexibility index (Phi) is 5.67. The predicted octanol–water partition coefficient (Wildman–Crippen LogP) is 6.33. The first-order chi connectivity index (χ1) is 12.6. The average Bonchev–Trinajstić information content (AvgIpc) is 2.93. The van der Waals surface area contributed by atoms with Crippen LogP contribution in [0.2, 0.25) is 0 Å². The van der Waals surface area contributed by atoms with Gasteiger partial charge in [0, 0.05) is 28.9 Å². The van der Waals surface area contributed by atoms with Crippen molar-refractivity contribution in [3.63, 3.8) is 0 Å². The van der Waals surface area contributed by atoms with Crippen LogP contribution in [0.3, 0.4) is 0 Å². The van der Waals surface area contributed by atoms with Gasteiger partial charge in [0.2, 0.25) is 0 Å². The van der Waals surface area contributed by atoms with Crippen LogP contribution in [-0.4, -0.2) is 10.8 Å². The van der Waals surface area contributed by atoms with Gasteiger partial charge in [0.05, 0.1) is 5.69 Å². The van der Waals surface area contributed by atoms with E-state index in [0.717, 1.165) is 34.7 Å². The Morgan fingerprint density at radius 3 is 2.35 bits per heavy atom. The summed E-state index contributed by atoms with van der Waals surface area (Å²) >= 11 is 0. The molecule has 1 aromatic heterocycles. The Morgan fingerprint density at radius 1 is 1.00 bits per heavy atom. The molecule has 0 unspecified atom stereocenters. The molecule has 3 aromatic rings. The average molecular weight is 348 g/mol. The van der Waals surface area contributed by atoms with E-state index in [9.17, 15) is 4.39 Å². The topological polar surface area (TPSA) is 17.3 Å². The summed E-state index contributed by atoms with van der Waals surface area (Å²) in [5, 5.41) is 0. The maximum absolute atomic E-state index is 13.2. The molecule has 0 aliphatic rings. The molecule has 0 atom stereocenters. The second-order valence-electron chi connectivity index (χ2n) is 6.67. The lowest BCUT2D eigenvalue weighted by molar-refractivity contribution is 0.627. The van der Waals surface area contributed by atoms with E-state index in [1.54, 1.807) is 12.1 Å². The van der Waals surface area contributed by atoms with E-state index in [-0.39, 0.29) is 5.82 Å². The number of aromatic nitrogens is 1. The fourth-order valence-corrected chi connectivity index (χ4v) is 3.18. The SMILES string of the molecule is CCCCc1ccc(N=Cc2cc(C)n(-c3ccc(F)cc3)c2C)cc1. The maximum Gasteiger partial charge on any atom is 0.123 e. The Balaban J connectivity index is 1.81. The van der Waals surface area contributed by atoms with Crippen molar-refractivity contribution in [2.75, 3.05) is 0 Å². The Morgan fingerprint density at radius 2 is 1.69 bits per heavy atom. The Hall–Kier alpha value is -2.68. The summed E-state index contributed by atoms with van der Waals surface area (Å²) in [7, 11) is 0. The van der Waals surface area contributed by atoms with Crippen LogP contribution in [0.1, 0.15) is 42.3 Å². The van der Waals surface area contributed by atoms with Gasteiger partial charge in [-0.25, -0.2) is 4.39 Å². The molecule has 0 fully saturated rings. The third-order valence-corrected chi connectivity index (χ3v) is 4.66. The van der Waals surface area contributed by atoms with Crippen molar-refractivity contribution >= 4 is 11.9 Å². The third-order valence-electron chi connectivity index (χ3n) is 4.66. The largest absolute Gasteiger partial charge is 0.318 e. The van der Waals surface area contributed by atoms with Crippen LogP contribution >= 0.6 is 0 Å². The molecule has 0 radical (unpaired) electrons. The van der Waals surface area contributed by atoms with E-state index >= 15 is 0 Å². The molecule has 0 spiro atoms. The lowest BCUT2D eigenvalue weighted by Gasteiger charge is -2.09. The van der Waals surface area contributed by atoms with Crippen LogP contribution in [0.25, 0.3) is 5.69 Å². The highest BCUT2D eigenvalue weighted by Crippen LogP contribution is 2.21.